The van der Waals surface area contributed by atoms with Crippen LogP contribution in [0.4, 0.5) is 0 Å². The van der Waals surface area contributed by atoms with Gasteiger partial charge in [0, 0.05) is 19.0 Å². The average molecular weight is 228 g/mol. The molecule has 0 radical (unpaired) electrons. The zero-order valence-corrected chi connectivity index (χ0v) is 10.0. The molecule has 15 heavy (non-hydrogen) atoms. The normalized spacial score (nSPS) is 31.9. The summed E-state index contributed by atoms with van der Waals surface area (Å²) in [5.74, 6) is 1.11. The Balaban J connectivity index is 2.28. The number of halogens is 1. The minimum atomic E-state index is 0.231. The number of aromatic nitrogens is 2. The van der Waals surface area contributed by atoms with Gasteiger partial charge in [-0.05, 0) is 25.2 Å². The first-order valence-electron chi connectivity index (χ1n) is 5.52. The molecule has 1 aromatic heterocycles. The van der Waals surface area contributed by atoms with Crippen molar-refractivity contribution in [3.05, 3.63) is 16.9 Å². The van der Waals surface area contributed by atoms with Gasteiger partial charge in [0.15, 0.2) is 0 Å². The van der Waals surface area contributed by atoms with Crippen LogP contribution in [0, 0.1) is 5.92 Å². The molecular weight excluding hydrogens is 210 g/mol. The lowest BCUT2D eigenvalue weighted by Crippen LogP contribution is -2.35. The van der Waals surface area contributed by atoms with Crippen LogP contribution in [0.15, 0.2) is 6.20 Å². The van der Waals surface area contributed by atoms with Crippen LogP contribution in [-0.2, 0) is 7.05 Å². The number of aryl methyl sites for hydroxylation is 1. The van der Waals surface area contributed by atoms with E-state index in [1.807, 2.05) is 11.7 Å². The van der Waals surface area contributed by atoms with Crippen LogP contribution < -0.4 is 5.73 Å². The van der Waals surface area contributed by atoms with Gasteiger partial charge >= 0.3 is 0 Å². The number of rotatable bonds is 1. The zero-order valence-electron chi connectivity index (χ0n) is 9.28. The van der Waals surface area contributed by atoms with E-state index in [1.165, 1.54) is 6.42 Å². The number of nitrogens with two attached hydrogens (primary N) is 1. The quantitative estimate of drug-likeness (QED) is 0.800. The minimum Gasteiger partial charge on any atom is -0.327 e. The molecule has 1 aliphatic carbocycles. The molecule has 0 amide bonds. The average Bonchev–Trinajstić information content (AvgIpc) is 2.51. The largest absolute Gasteiger partial charge is 0.327 e. The Bertz CT molecular complexity index is 328. The molecule has 0 aromatic carbocycles. The van der Waals surface area contributed by atoms with Crippen LogP contribution in [0.3, 0.4) is 0 Å². The summed E-state index contributed by atoms with van der Waals surface area (Å²) in [5, 5.41) is 4.94. The molecule has 1 fully saturated rings. The van der Waals surface area contributed by atoms with Gasteiger partial charge in [-0.3, -0.25) is 4.68 Å². The third-order valence-electron chi connectivity index (χ3n) is 3.45. The van der Waals surface area contributed by atoms with Crippen molar-refractivity contribution in [3.8, 4) is 0 Å². The van der Waals surface area contributed by atoms with Gasteiger partial charge in [0.05, 0.1) is 16.9 Å². The topological polar surface area (TPSA) is 43.8 Å². The van der Waals surface area contributed by atoms with E-state index in [-0.39, 0.29) is 6.04 Å². The van der Waals surface area contributed by atoms with Crippen molar-refractivity contribution in [3.63, 3.8) is 0 Å². The molecule has 1 aromatic rings. The highest BCUT2D eigenvalue weighted by Gasteiger charge is 2.30. The summed E-state index contributed by atoms with van der Waals surface area (Å²) in [4.78, 5) is 0. The molecule has 1 heterocycles. The summed E-state index contributed by atoms with van der Waals surface area (Å²) in [6, 6.07) is 0.231. The molecule has 84 valence electrons. The SMILES string of the molecule is CC1CCC(N)C(c2c(Cl)cnn2C)C1. The van der Waals surface area contributed by atoms with E-state index in [0.717, 1.165) is 29.5 Å². The third-order valence-corrected chi connectivity index (χ3v) is 3.75. The van der Waals surface area contributed by atoms with Crippen molar-refractivity contribution >= 4 is 11.6 Å². The molecule has 0 saturated heterocycles. The number of hydrogen-bond donors (Lipinski definition) is 1. The van der Waals surface area contributed by atoms with Crippen LogP contribution in [-0.4, -0.2) is 15.8 Å². The Morgan fingerprint density at radius 1 is 1.53 bits per heavy atom. The summed E-state index contributed by atoms with van der Waals surface area (Å²) in [7, 11) is 1.94. The molecule has 3 unspecified atom stereocenters. The molecule has 3 atom stereocenters. The predicted molar refractivity (Wildman–Crippen MR) is 61.9 cm³/mol. The summed E-state index contributed by atoms with van der Waals surface area (Å²) < 4.78 is 1.87. The summed E-state index contributed by atoms with van der Waals surface area (Å²) in [5.41, 5.74) is 7.28. The van der Waals surface area contributed by atoms with E-state index in [1.54, 1.807) is 6.20 Å². The van der Waals surface area contributed by atoms with E-state index in [2.05, 4.69) is 12.0 Å². The van der Waals surface area contributed by atoms with Crippen molar-refractivity contribution in [1.29, 1.82) is 0 Å². The fraction of sp³-hybridized carbons (Fsp3) is 0.727. The lowest BCUT2D eigenvalue weighted by atomic mass is 9.77. The van der Waals surface area contributed by atoms with E-state index >= 15 is 0 Å². The maximum Gasteiger partial charge on any atom is 0.0821 e. The fourth-order valence-electron chi connectivity index (χ4n) is 2.56. The van der Waals surface area contributed by atoms with Gasteiger partial charge in [-0.2, -0.15) is 5.10 Å². The summed E-state index contributed by atoms with van der Waals surface area (Å²) in [6.07, 6.45) is 5.16. The van der Waals surface area contributed by atoms with Gasteiger partial charge in [0.2, 0.25) is 0 Å². The predicted octanol–water partition coefficient (Wildman–Crippen LogP) is 2.30. The van der Waals surface area contributed by atoms with Gasteiger partial charge in [-0.15, -0.1) is 0 Å². The van der Waals surface area contributed by atoms with Gasteiger partial charge in [0.1, 0.15) is 0 Å². The Hall–Kier alpha value is -0.540. The van der Waals surface area contributed by atoms with Crippen LogP contribution >= 0.6 is 11.6 Å². The highest BCUT2D eigenvalue weighted by Crippen LogP contribution is 2.37. The molecule has 0 aliphatic heterocycles. The second kappa shape index (κ2) is 4.14. The van der Waals surface area contributed by atoms with Crippen molar-refractivity contribution in [2.24, 2.45) is 18.7 Å². The van der Waals surface area contributed by atoms with Gasteiger partial charge in [-0.25, -0.2) is 0 Å². The third kappa shape index (κ3) is 2.04. The first kappa shape index (κ1) is 11.0. The maximum absolute atomic E-state index is 6.17. The molecule has 0 spiro atoms. The van der Waals surface area contributed by atoms with Crippen LogP contribution in [0.2, 0.25) is 5.02 Å². The Morgan fingerprint density at radius 3 is 2.87 bits per heavy atom. The lowest BCUT2D eigenvalue weighted by molar-refractivity contribution is 0.297. The fourth-order valence-corrected chi connectivity index (χ4v) is 2.86. The monoisotopic (exact) mass is 227 g/mol. The van der Waals surface area contributed by atoms with Crippen LogP contribution in [0.5, 0.6) is 0 Å². The highest BCUT2D eigenvalue weighted by molar-refractivity contribution is 6.31. The molecule has 4 heteroatoms. The Morgan fingerprint density at radius 2 is 2.27 bits per heavy atom. The second-order valence-corrected chi connectivity index (χ2v) is 5.10. The number of hydrogen-bond acceptors (Lipinski definition) is 2. The molecule has 3 nitrogen and oxygen atoms in total. The highest BCUT2D eigenvalue weighted by atomic mass is 35.5. The van der Waals surface area contributed by atoms with E-state index in [4.69, 9.17) is 17.3 Å². The maximum atomic E-state index is 6.17. The first-order chi connectivity index (χ1) is 7.09. The van der Waals surface area contributed by atoms with Gasteiger partial charge in [0.25, 0.3) is 0 Å². The van der Waals surface area contributed by atoms with Gasteiger partial charge < -0.3 is 5.73 Å². The molecule has 1 saturated carbocycles. The van der Waals surface area contributed by atoms with Crippen molar-refractivity contribution in [2.75, 3.05) is 0 Å². The lowest BCUT2D eigenvalue weighted by Gasteiger charge is -2.32. The molecule has 1 aliphatic rings. The molecule has 0 bridgehead atoms. The molecular formula is C11H18ClN3. The van der Waals surface area contributed by atoms with Crippen molar-refractivity contribution in [1.82, 2.24) is 9.78 Å². The summed E-state index contributed by atoms with van der Waals surface area (Å²) in [6.45, 7) is 2.28. The number of nitrogens with zero attached hydrogens (tertiary/aromatic N) is 2. The van der Waals surface area contributed by atoms with Crippen molar-refractivity contribution < 1.29 is 0 Å². The first-order valence-corrected chi connectivity index (χ1v) is 5.90. The van der Waals surface area contributed by atoms with Crippen molar-refractivity contribution in [2.45, 2.75) is 38.1 Å². The second-order valence-electron chi connectivity index (χ2n) is 4.69. The van der Waals surface area contributed by atoms with E-state index in [9.17, 15) is 0 Å². The molecule has 2 N–H and O–H groups in total. The minimum absolute atomic E-state index is 0.231. The Labute approximate surface area is 95.6 Å². The molecule has 2 rings (SSSR count). The zero-order chi connectivity index (χ0) is 11.0. The smallest absolute Gasteiger partial charge is 0.0821 e. The van der Waals surface area contributed by atoms with Crippen LogP contribution in [0.25, 0.3) is 0 Å². The van der Waals surface area contributed by atoms with E-state index in [0.29, 0.717) is 5.92 Å². The standard InChI is InChI=1S/C11H18ClN3/c1-7-3-4-10(13)8(5-7)11-9(12)6-14-15(11)2/h6-8,10H,3-5,13H2,1-2H3. The van der Waals surface area contributed by atoms with Gasteiger partial charge in [-0.1, -0.05) is 18.5 Å². The Kier molecular flexibility index (Phi) is 3.03. The summed E-state index contributed by atoms with van der Waals surface area (Å²) >= 11 is 6.15. The van der Waals surface area contributed by atoms with E-state index < -0.39 is 0 Å². The van der Waals surface area contributed by atoms with Crippen LogP contribution in [0.1, 0.15) is 37.8 Å².